The minimum atomic E-state index is -5.01. The van der Waals surface area contributed by atoms with Crippen LogP contribution in [0, 0.1) is 52.3 Å². The van der Waals surface area contributed by atoms with Crippen LogP contribution in [-0.4, -0.2) is 57.5 Å². The molecule has 0 aromatic heterocycles. The highest BCUT2D eigenvalue weighted by Crippen LogP contribution is 2.69. The number of fused-ring (bicyclic) bond motifs is 5. The summed E-state index contributed by atoms with van der Waals surface area (Å²) in [6.45, 7) is 9.16. The van der Waals surface area contributed by atoms with Gasteiger partial charge in [0, 0.05) is 13.6 Å². The van der Waals surface area contributed by atoms with E-state index in [1.807, 2.05) is 16.4 Å². The third-order valence-corrected chi connectivity index (χ3v) is 13.0. The summed E-state index contributed by atoms with van der Waals surface area (Å²) in [6.07, 6.45) is 0.459. The topological polar surface area (TPSA) is 134 Å². The number of esters is 1. The fourth-order valence-corrected chi connectivity index (χ4v) is 10.5. The van der Waals surface area contributed by atoms with E-state index in [0.717, 1.165) is 25.7 Å². The van der Waals surface area contributed by atoms with E-state index in [4.69, 9.17) is 4.74 Å². The van der Waals surface area contributed by atoms with Crippen molar-refractivity contribution in [1.29, 1.82) is 0 Å². The molecule has 4 rings (SSSR count). The monoisotopic (exact) mass is 623 g/mol. The molecule has 2 amide bonds. The number of carbonyl (C=O) groups excluding carboxylic acids is 2. The lowest BCUT2D eigenvalue weighted by atomic mass is 9.41. The summed E-state index contributed by atoms with van der Waals surface area (Å²) in [5.41, 5.74) is -0.123. The number of ether oxygens (including phenoxy) is 1. The van der Waals surface area contributed by atoms with Crippen LogP contribution < -0.4 is 14.8 Å². The molecule has 0 saturated heterocycles. The minimum absolute atomic E-state index is 0.0112. The van der Waals surface area contributed by atoms with Crippen LogP contribution in [0.2, 0.25) is 0 Å². The number of halogens is 3. The second kappa shape index (κ2) is 12.1. The summed E-state index contributed by atoms with van der Waals surface area (Å²) in [5, 5.41) is 14.6. The number of aliphatic hydroxyl groups excluding tert-OH is 1. The van der Waals surface area contributed by atoms with E-state index < -0.39 is 40.6 Å². The van der Waals surface area contributed by atoms with Gasteiger partial charge in [0.15, 0.2) is 0 Å². The first kappa shape index (κ1) is 33.3. The normalized spacial score (nSPS) is 40.7. The van der Waals surface area contributed by atoms with Crippen LogP contribution in [0.25, 0.3) is 0 Å². The molecule has 4 aliphatic carbocycles. The maximum atomic E-state index is 12.9. The van der Waals surface area contributed by atoms with Crippen molar-refractivity contribution >= 4 is 22.2 Å². The smallest absolute Gasteiger partial charge is 0.456 e. The predicted molar refractivity (Wildman–Crippen MR) is 150 cm³/mol. The van der Waals surface area contributed by atoms with Crippen LogP contribution in [0.15, 0.2) is 0 Å². The number of hydrogen-bond acceptors (Lipinski definition) is 6. The van der Waals surface area contributed by atoms with Crippen molar-refractivity contribution in [2.45, 2.75) is 104 Å². The standard InChI is InChI=1S/C29H48F3N3O6S/c1-6-18-22-15-17(41-25(37)29(30,31)32)9-12-28(22,4)21-10-13-27(3)19(7-8-20(27)23(21)24(18)36)16(2)11-14-34-26(38)35-42(39,40)33-5/h16-24,33,36H,6-15H2,1-5H3,(H2,34,35,38)/t16-,17-,18-,19-,20+,21+,22+,23+,24-,27-,28-/m1/s1. The van der Waals surface area contributed by atoms with Gasteiger partial charge in [0.1, 0.15) is 6.10 Å². The molecule has 4 N–H and O–H groups in total. The molecule has 0 spiro atoms. The van der Waals surface area contributed by atoms with Crippen molar-refractivity contribution in [1.82, 2.24) is 14.8 Å². The van der Waals surface area contributed by atoms with Crippen LogP contribution in [-0.2, 0) is 19.7 Å². The van der Waals surface area contributed by atoms with E-state index in [9.17, 15) is 36.3 Å². The molecule has 0 heterocycles. The van der Waals surface area contributed by atoms with Gasteiger partial charge in [-0.2, -0.15) is 21.6 Å². The molecule has 9 nitrogen and oxygen atoms in total. The fraction of sp³-hybridized carbons (Fsp3) is 0.931. The summed E-state index contributed by atoms with van der Waals surface area (Å²) in [4.78, 5) is 23.6. The van der Waals surface area contributed by atoms with Crippen LogP contribution >= 0.6 is 0 Å². The molecule has 42 heavy (non-hydrogen) atoms. The summed E-state index contributed by atoms with van der Waals surface area (Å²) in [7, 11) is -2.65. The Hall–Kier alpha value is -1.60. The van der Waals surface area contributed by atoms with Gasteiger partial charge in [-0.1, -0.05) is 34.1 Å². The Balaban J connectivity index is 1.45. The van der Waals surface area contributed by atoms with Crippen LogP contribution in [0.3, 0.4) is 0 Å². The number of amides is 2. The molecule has 0 aromatic rings. The molecule has 4 aliphatic rings. The van der Waals surface area contributed by atoms with Crippen molar-refractivity contribution < 1.29 is 41.0 Å². The lowest BCUT2D eigenvalue weighted by Crippen LogP contribution is -2.62. The Kier molecular flexibility index (Phi) is 9.56. The van der Waals surface area contributed by atoms with E-state index in [-0.39, 0.29) is 40.4 Å². The van der Waals surface area contributed by atoms with Crippen LogP contribution in [0.5, 0.6) is 0 Å². The summed E-state index contributed by atoms with van der Waals surface area (Å²) in [6, 6.07) is -0.769. The molecular formula is C29H48F3N3O6S. The van der Waals surface area contributed by atoms with E-state index in [1.54, 1.807) is 0 Å². The molecule has 242 valence electrons. The average molecular weight is 624 g/mol. The zero-order chi connectivity index (χ0) is 31.3. The largest absolute Gasteiger partial charge is 0.490 e. The predicted octanol–water partition coefficient (Wildman–Crippen LogP) is 4.52. The quantitative estimate of drug-likeness (QED) is 0.294. The zero-order valence-electron chi connectivity index (χ0n) is 25.3. The highest BCUT2D eigenvalue weighted by Gasteiger charge is 2.65. The highest BCUT2D eigenvalue weighted by atomic mass is 32.2. The molecule has 0 aromatic carbocycles. The number of carbonyl (C=O) groups is 2. The Morgan fingerprint density at radius 1 is 1.05 bits per heavy atom. The van der Waals surface area contributed by atoms with E-state index >= 15 is 0 Å². The summed E-state index contributed by atoms with van der Waals surface area (Å²) in [5.74, 6) is -0.849. The first-order valence-corrected chi connectivity index (χ1v) is 16.9. The first-order valence-electron chi connectivity index (χ1n) is 15.4. The van der Waals surface area contributed by atoms with Crippen LogP contribution in [0.4, 0.5) is 18.0 Å². The zero-order valence-corrected chi connectivity index (χ0v) is 26.1. The highest BCUT2D eigenvalue weighted by molar-refractivity contribution is 7.88. The van der Waals surface area contributed by atoms with Crippen molar-refractivity contribution in [3.63, 3.8) is 0 Å². The van der Waals surface area contributed by atoms with Gasteiger partial charge in [0.25, 0.3) is 0 Å². The molecular weight excluding hydrogens is 575 g/mol. The number of urea groups is 1. The molecule has 0 aliphatic heterocycles. The lowest BCUT2D eigenvalue weighted by molar-refractivity contribution is -0.222. The Bertz CT molecular complexity index is 1120. The average Bonchev–Trinajstić information content (AvgIpc) is 3.26. The third kappa shape index (κ3) is 6.16. The van der Waals surface area contributed by atoms with Gasteiger partial charge in [-0.05, 0) is 104 Å². The van der Waals surface area contributed by atoms with E-state index in [0.29, 0.717) is 50.5 Å². The van der Waals surface area contributed by atoms with Gasteiger partial charge >= 0.3 is 28.4 Å². The van der Waals surface area contributed by atoms with Gasteiger partial charge in [-0.15, -0.1) is 0 Å². The number of alkyl halides is 3. The minimum Gasteiger partial charge on any atom is -0.456 e. The SMILES string of the molecule is CC[C@H]1[C@@H](O)[C@@H]2[C@H](CC[C@]3(C)[C@@H]([C@H](C)CCNC(=O)NS(=O)(=O)NC)CC[C@@H]23)[C@@]2(C)CC[C@@H](OC(=O)C(F)(F)F)C[C@@H]12. The first-order chi connectivity index (χ1) is 19.5. The third-order valence-electron chi connectivity index (χ3n) is 12.0. The number of hydrogen-bond donors (Lipinski definition) is 4. The number of nitrogens with one attached hydrogen (secondary N) is 3. The van der Waals surface area contributed by atoms with E-state index in [1.165, 1.54) is 7.05 Å². The van der Waals surface area contributed by atoms with Crippen molar-refractivity contribution in [2.75, 3.05) is 13.6 Å². The Morgan fingerprint density at radius 2 is 1.69 bits per heavy atom. The second-order valence-corrected chi connectivity index (χ2v) is 15.4. The van der Waals surface area contributed by atoms with Gasteiger partial charge in [-0.3, -0.25) is 0 Å². The number of rotatable bonds is 8. The second-order valence-electron chi connectivity index (χ2n) is 13.8. The molecule has 0 radical (unpaired) electrons. The maximum absolute atomic E-state index is 12.9. The maximum Gasteiger partial charge on any atom is 0.490 e. The van der Waals surface area contributed by atoms with Gasteiger partial charge < -0.3 is 15.2 Å². The Morgan fingerprint density at radius 3 is 2.31 bits per heavy atom. The molecule has 11 atom stereocenters. The van der Waals surface area contributed by atoms with Gasteiger partial charge in [0.2, 0.25) is 0 Å². The Labute approximate surface area is 247 Å². The fourth-order valence-electron chi connectivity index (χ4n) is 10.1. The molecule has 0 unspecified atom stereocenters. The van der Waals surface area contributed by atoms with Gasteiger partial charge in [0.05, 0.1) is 6.10 Å². The summed E-state index contributed by atoms with van der Waals surface area (Å²) >= 11 is 0. The number of aliphatic hydroxyl groups is 1. The van der Waals surface area contributed by atoms with Crippen molar-refractivity contribution in [2.24, 2.45) is 52.3 Å². The molecule has 4 fully saturated rings. The lowest BCUT2D eigenvalue weighted by Gasteiger charge is -2.64. The molecule has 0 bridgehead atoms. The van der Waals surface area contributed by atoms with E-state index in [2.05, 4.69) is 26.1 Å². The summed E-state index contributed by atoms with van der Waals surface area (Å²) < 4.78 is 70.6. The van der Waals surface area contributed by atoms with Gasteiger partial charge in [-0.25, -0.2) is 19.0 Å². The van der Waals surface area contributed by atoms with Crippen molar-refractivity contribution in [3.8, 4) is 0 Å². The molecule has 4 saturated carbocycles. The van der Waals surface area contributed by atoms with Crippen LogP contribution in [0.1, 0.15) is 85.5 Å². The molecule has 13 heteroatoms. The van der Waals surface area contributed by atoms with Crippen molar-refractivity contribution in [3.05, 3.63) is 0 Å².